The van der Waals surface area contributed by atoms with Crippen LogP contribution in [-0.4, -0.2) is 35.6 Å². The molecule has 4 rings (SSSR count). The van der Waals surface area contributed by atoms with Crippen molar-refractivity contribution >= 4 is 12.0 Å². The molecule has 2 atom stereocenters. The van der Waals surface area contributed by atoms with Crippen molar-refractivity contribution in [1.29, 1.82) is 0 Å². The van der Waals surface area contributed by atoms with Crippen molar-refractivity contribution in [2.24, 2.45) is 5.92 Å². The highest BCUT2D eigenvalue weighted by Gasteiger charge is 2.35. The van der Waals surface area contributed by atoms with Gasteiger partial charge >= 0.3 is 0 Å². The second kappa shape index (κ2) is 6.83. The summed E-state index contributed by atoms with van der Waals surface area (Å²) < 4.78 is 7.03. The van der Waals surface area contributed by atoms with Crippen molar-refractivity contribution < 1.29 is 9.53 Å². The molecule has 3 heterocycles. The standard InChI is InChI=1S/C21H22N2O3/c1-26-18-8-5-15(6-9-18)7-10-20(24)22-12-16-11-17(14-22)19-3-2-4-21(25)23(19)13-16/h2-10,16-17H,11-14H2,1H3/b10-7+. The Morgan fingerprint density at radius 2 is 1.92 bits per heavy atom. The third kappa shape index (κ3) is 3.17. The van der Waals surface area contributed by atoms with E-state index in [0.717, 1.165) is 23.4 Å². The summed E-state index contributed by atoms with van der Waals surface area (Å²) in [6.45, 7) is 2.09. The number of aromatic nitrogens is 1. The smallest absolute Gasteiger partial charge is 0.250 e. The van der Waals surface area contributed by atoms with E-state index in [1.165, 1.54) is 0 Å². The van der Waals surface area contributed by atoms with Crippen molar-refractivity contribution in [1.82, 2.24) is 9.47 Å². The second-order valence-electron chi connectivity index (χ2n) is 7.05. The molecule has 2 aromatic rings. The molecule has 0 N–H and O–H groups in total. The van der Waals surface area contributed by atoms with E-state index in [0.29, 0.717) is 25.6 Å². The van der Waals surface area contributed by atoms with Crippen molar-refractivity contribution in [3.8, 4) is 5.75 Å². The van der Waals surface area contributed by atoms with Gasteiger partial charge in [0, 0.05) is 43.4 Å². The highest BCUT2D eigenvalue weighted by atomic mass is 16.5. The van der Waals surface area contributed by atoms with Crippen LogP contribution in [0, 0.1) is 5.92 Å². The Morgan fingerprint density at radius 3 is 2.69 bits per heavy atom. The van der Waals surface area contributed by atoms with Gasteiger partial charge in [0.2, 0.25) is 5.91 Å². The van der Waals surface area contributed by atoms with Crippen molar-refractivity contribution in [3.05, 3.63) is 70.2 Å². The lowest BCUT2D eigenvalue weighted by Gasteiger charge is -2.42. The SMILES string of the molecule is COc1ccc(/C=C/C(=O)N2CC3CC(C2)c2cccc(=O)n2C3)cc1. The third-order valence-corrected chi connectivity index (χ3v) is 5.33. The van der Waals surface area contributed by atoms with E-state index in [-0.39, 0.29) is 17.4 Å². The number of carbonyl (C=O) groups is 1. The number of methoxy groups -OCH3 is 1. The first-order valence-electron chi connectivity index (χ1n) is 8.95. The fraction of sp³-hybridized carbons (Fsp3) is 0.333. The minimum absolute atomic E-state index is 0.0299. The molecule has 1 amide bonds. The lowest BCUT2D eigenvalue weighted by atomic mass is 9.83. The van der Waals surface area contributed by atoms with E-state index in [2.05, 4.69) is 0 Å². The number of ether oxygens (including phenoxy) is 1. The van der Waals surface area contributed by atoms with Crippen LogP contribution in [0.4, 0.5) is 0 Å². The maximum absolute atomic E-state index is 12.7. The van der Waals surface area contributed by atoms with Crippen LogP contribution >= 0.6 is 0 Å². The molecule has 1 fully saturated rings. The Morgan fingerprint density at radius 1 is 1.12 bits per heavy atom. The topological polar surface area (TPSA) is 51.5 Å². The van der Waals surface area contributed by atoms with Gasteiger partial charge < -0.3 is 14.2 Å². The quantitative estimate of drug-likeness (QED) is 0.800. The predicted octanol–water partition coefficient (Wildman–Crippen LogP) is 2.52. The summed E-state index contributed by atoms with van der Waals surface area (Å²) in [5, 5.41) is 0. The zero-order valence-corrected chi connectivity index (χ0v) is 14.8. The van der Waals surface area contributed by atoms with Gasteiger partial charge in [-0.3, -0.25) is 9.59 Å². The van der Waals surface area contributed by atoms with Crippen LogP contribution in [0.5, 0.6) is 5.75 Å². The summed E-state index contributed by atoms with van der Waals surface area (Å²) in [6, 6.07) is 13.1. The summed E-state index contributed by atoms with van der Waals surface area (Å²) >= 11 is 0. The van der Waals surface area contributed by atoms with E-state index in [1.807, 2.05) is 51.9 Å². The molecule has 1 saturated heterocycles. The van der Waals surface area contributed by atoms with E-state index in [1.54, 1.807) is 19.3 Å². The lowest BCUT2D eigenvalue weighted by molar-refractivity contribution is -0.128. The fourth-order valence-corrected chi connectivity index (χ4v) is 4.06. The third-order valence-electron chi connectivity index (χ3n) is 5.33. The largest absolute Gasteiger partial charge is 0.497 e. The lowest BCUT2D eigenvalue weighted by Crippen LogP contribution is -2.48. The van der Waals surface area contributed by atoms with Crippen LogP contribution in [0.25, 0.3) is 6.08 Å². The number of nitrogens with zero attached hydrogens (tertiary/aromatic N) is 2. The molecule has 2 aliphatic heterocycles. The van der Waals surface area contributed by atoms with Gasteiger partial charge in [-0.15, -0.1) is 0 Å². The van der Waals surface area contributed by atoms with Gasteiger partial charge in [-0.2, -0.15) is 0 Å². The molecule has 1 aromatic heterocycles. The Kier molecular flexibility index (Phi) is 4.37. The summed E-state index contributed by atoms with van der Waals surface area (Å²) in [4.78, 5) is 26.6. The number of fused-ring (bicyclic) bond motifs is 4. The van der Waals surface area contributed by atoms with Crippen LogP contribution in [0.1, 0.15) is 23.6 Å². The number of hydrogen-bond donors (Lipinski definition) is 0. The van der Waals surface area contributed by atoms with Crippen LogP contribution < -0.4 is 10.3 Å². The number of benzene rings is 1. The Bertz CT molecular complexity index is 898. The van der Waals surface area contributed by atoms with Gasteiger partial charge in [-0.05, 0) is 42.2 Å². The van der Waals surface area contributed by atoms with Gasteiger partial charge in [-0.1, -0.05) is 18.2 Å². The maximum atomic E-state index is 12.7. The summed E-state index contributed by atoms with van der Waals surface area (Å²) in [5.74, 6) is 1.42. The van der Waals surface area contributed by atoms with Crippen molar-refractivity contribution in [2.75, 3.05) is 20.2 Å². The highest BCUT2D eigenvalue weighted by molar-refractivity contribution is 5.92. The number of carbonyl (C=O) groups excluding carboxylic acids is 1. The van der Waals surface area contributed by atoms with Gasteiger partial charge in [0.1, 0.15) is 5.75 Å². The Balaban J connectivity index is 1.48. The molecule has 5 heteroatoms. The van der Waals surface area contributed by atoms with E-state index in [9.17, 15) is 9.59 Å². The molecule has 0 aliphatic carbocycles. The number of likely N-dealkylation sites (tertiary alicyclic amines) is 1. The van der Waals surface area contributed by atoms with Crippen molar-refractivity contribution in [2.45, 2.75) is 18.9 Å². The Labute approximate surface area is 152 Å². The summed E-state index contributed by atoms with van der Waals surface area (Å²) in [6.07, 6.45) is 4.53. The molecule has 0 radical (unpaired) electrons. The number of hydrogen-bond acceptors (Lipinski definition) is 3. The average molecular weight is 350 g/mol. The predicted molar refractivity (Wildman–Crippen MR) is 100 cm³/mol. The first kappa shape index (κ1) is 16.6. The second-order valence-corrected chi connectivity index (χ2v) is 7.05. The average Bonchev–Trinajstić information content (AvgIpc) is 2.67. The minimum atomic E-state index is 0.0299. The van der Waals surface area contributed by atoms with Crippen LogP contribution in [0.2, 0.25) is 0 Å². The van der Waals surface area contributed by atoms with E-state index < -0.39 is 0 Å². The monoisotopic (exact) mass is 350 g/mol. The molecule has 2 bridgehead atoms. The molecule has 5 nitrogen and oxygen atoms in total. The molecule has 1 aromatic carbocycles. The van der Waals surface area contributed by atoms with Gasteiger partial charge in [0.05, 0.1) is 7.11 Å². The van der Waals surface area contributed by atoms with Gasteiger partial charge in [-0.25, -0.2) is 0 Å². The zero-order valence-electron chi connectivity index (χ0n) is 14.8. The molecule has 0 saturated carbocycles. The van der Waals surface area contributed by atoms with Gasteiger partial charge in [0.25, 0.3) is 5.56 Å². The molecular weight excluding hydrogens is 328 g/mol. The number of rotatable bonds is 3. The van der Waals surface area contributed by atoms with Crippen LogP contribution in [-0.2, 0) is 11.3 Å². The molecular formula is C21H22N2O3. The van der Waals surface area contributed by atoms with Gasteiger partial charge in [0.15, 0.2) is 0 Å². The number of amides is 1. The normalized spacial score (nSPS) is 21.5. The fourth-order valence-electron chi connectivity index (χ4n) is 4.06. The zero-order chi connectivity index (χ0) is 18.1. The molecule has 0 spiro atoms. The molecule has 2 aliphatic rings. The highest BCUT2D eigenvalue weighted by Crippen LogP contribution is 2.35. The first-order chi connectivity index (χ1) is 12.6. The number of pyridine rings is 1. The van der Waals surface area contributed by atoms with Crippen LogP contribution in [0.3, 0.4) is 0 Å². The summed E-state index contributed by atoms with van der Waals surface area (Å²) in [7, 11) is 1.63. The molecule has 26 heavy (non-hydrogen) atoms. The van der Waals surface area contributed by atoms with Crippen LogP contribution in [0.15, 0.2) is 53.3 Å². The molecule has 134 valence electrons. The molecule has 2 unspecified atom stereocenters. The minimum Gasteiger partial charge on any atom is -0.497 e. The number of piperidine rings is 1. The van der Waals surface area contributed by atoms with E-state index >= 15 is 0 Å². The first-order valence-corrected chi connectivity index (χ1v) is 8.95. The maximum Gasteiger partial charge on any atom is 0.250 e. The summed E-state index contributed by atoms with van der Waals surface area (Å²) in [5.41, 5.74) is 2.09. The van der Waals surface area contributed by atoms with E-state index in [4.69, 9.17) is 4.74 Å². The van der Waals surface area contributed by atoms with Crippen molar-refractivity contribution in [3.63, 3.8) is 0 Å². The Hall–Kier alpha value is -2.82.